The van der Waals surface area contributed by atoms with Gasteiger partial charge in [-0.15, -0.1) is 0 Å². The molecule has 1 saturated heterocycles. The zero-order chi connectivity index (χ0) is 15.3. The molecular weight excluding hydrogens is 274 g/mol. The summed E-state index contributed by atoms with van der Waals surface area (Å²) in [5.41, 5.74) is -1.14. The summed E-state index contributed by atoms with van der Waals surface area (Å²) in [6, 6.07) is -0.395. The Balaban J connectivity index is 1.63. The van der Waals surface area contributed by atoms with Gasteiger partial charge in [-0.05, 0) is 38.6 Å². The van der Waals surface area contributed by atoms with Crippen LogP contribution in [0.2, 0.25) is 0 Å². The van der Waals surface area contributed by atoms with Crippen LogP contribution in [0.25, 0.3) is 0 Å². The number of hydrogen-bond acceptors (Lipinski definition) is 4. The van der Waals surface area contributed by atoms with E-state index in [0.717, 1.165) is 52.1 Å². The quantitative estimate of drug-likeness (QED) is 0.587. The first-order valence-corrected chi connectivity index (χ1v) is 7.62. The van der Waals surface area contributed by atoms with E-state index in [4.69, 9.17) is 4.74 Å². The highest BCUT2D eigenvalue weighted by Crippen LogP contribution is 2.39. The number of aliphatic carboxylic acids is 1. The van der Waals surface area contributed by atoms with Gasteiger partial charge in [-0.2, -0.15) is 0 Å². The van der Waals surface area contributed by atoms with Crippen LogP contribution in [0.3, 0.4) is 0 Å². The van der Waals surface area contributed by atoms with E-state index in [9.17, 15) is 14.7 Å². The molecule has 0 aromatic heterocycles. The Morgan fingerprint density at radius 2 is 2.00 bits per heavy atom. The summed E-state index contributed by atoms with van der Waals surface area (Å²) in [5.74, 6) is -0.914. The lowest BCUT2D eigenvalue weighted by Crippen LogP contribution is -2.56. The van der Waals surface area contributed by atoms with Crippen LogP contribution in [0.1, 0.15) is 26.2 Å². The minimum absolute atomic E-state index is 0.0501. The predicted octanol–water partition coefficient (Wildman–Crippen LogP) is 0.261. The average Bonchev–Trinajstić information content (AvgIpc) is 3.29. The second kappa shape index (κ2) is 7.09. The van der Waals surface area contributed by atoms with E-state index in [0.29, 0.717) is 6.54 Å². The maximum Gasteiger partial charge on any atom is 0.329 e. The molecule has 1 aliphatic heterocycles. The van der Waals surface area contributed by atoms with Crippen LogP contribution in [0.5, 0.6) is 0 Å². The molecule has 0 aromatic rings. The average molecular weight is 299 g/mol. The fraction of sp³-hybridized carbons (Fsp3) is 0.857. The first-order valence-electron chi connectivity index (χ1n) is 7.62. The van der Waals surface area contributed by atoms with E-state index in [1.807, 2.05) is 0 Å². The van der Waals surface area contributed by atoms with Crippen LogP contribution in [-0.2, 0) is 9.53 Å². The van der Waals surface area contributed by atoms with Crippen LogP contribution >= 0.6 is 0 Å². The van der Waals surface area contributed by atoms with Gasteiger partial charge in [-0.25, -0.2) is 9.59 Å². The number of urea groups is 1. The van der Waals surface area contributed by atoms with E-state index in [-0.39, 0.29) is 5.92 Å². The Kier molecular flexibility index (Phi) is 5.41. The molecule has 1 heterocycles. The molecule has 2 fully saturated rings. The Morgan fingerprint density at radius 1 is 1.33 bits per heavy atom. The van der Waals surface area contributed by atoms with Gasteiger partial charge in [0.1, 0.15) is 5.54 Å². The van der Waals surface area contributed by atoms with Crippen LogP contribution in [0, 0.1) is 5.92 Å². The number of ether oxygens (including phenoxy) is 1. The summed E-state index contributed by atoms with van der Waals surface area (Å²) in [5, 5.41) is 14.6. The number of nitrogens with zero attached hydrogens (tertiary/aromatic N) is 1. The van der Waals surface area contributed by atoms with Crippen molar-refractivity contribution in [3.63, 3.8) is 0 Å². The molecule has 1 unspecified atom stereocenters. The predicted molar refractivity (Wildman–Crippen MR) is 77.2 cm³/mol. The number of carbonyl (C=O) groups excluding carboxylic acids is 1. The Morgan fingerprint density at radius 3 is 2.57 bits per heavy atom. The number of carboxylic acids is 1. The fourth-order valence-electron chi connectivity index (χ4n) is 2.60. The van der Waals surface area contributed by atoms with Crippen molar-refractivity contribution in [3.05, 3.63) is 0 Å². The molecule has 7 nitrogen and oxygen atoms in total. The highest BCUT2D eigenvalue weighted by molar-refractivity contribution is 5.86. The third-order valence-corrected chi connectivity index (χ3v) is 4.25. The van der Waals surface area contributed by atoms with Gasteiger partial charge >= 0.3 is 12.0 Å². The zero-order valence-corrected chi connectivity index (χ0v) is 12.6. The number of carboxylic acid groups (broad SMARTS) is 1. The molecule has 21 heavy (non-hydrogen) atoms. The molecular formula is C14H25N3O4. The van der Waals surface area contributed by atoms with E-state index in [1.54, 1.807) is 6.92 Å². The van der Waals surface area contributed by atoms with Gasteiger partial charge in [0, 0.05) is 19.6 Å². The zero-order valence-electron chi connectivity index (χ0n) is 12.6. The summed E-state index contributed by atoms with van der Waals surface area (Å²) in [7, 11) is 0. The first-order chi connectivity index (χ1) is 10.0. The van der Waals surface area contributed by atoms with Gasteiger partial charge < -0.3 is 20.5 Å². The van der Waals surface area contributed by atoms with Gasteiger partial charge in [0.05, 0.1) is 13.2 Å². The Bertz CT molecular complexity index is 380. The maximum atomic E-state index is 11.8. The fourth-order valence-corrected chi connectivity index (χ4v) is 2.60. The normalized spacial score (nSPS) is 22.3. The number of carbonyl (C=O) groups is 2. The second-order valence-electron chi connectivity index (χ2n) is 5.97. The molecule has 2 aliphatic rings. The van der Waals surface area contributed by atoms with Crippen LogP contribution < -0.4 is 10.6 Å². The number of rotatable bonds is 7. The molecule has 7 heteroatoms. The van der Waals surface area contributed by atoms with Gasteiger partial charge in [-0.3, -0.25) is 4.90 Å². The molecule has 0 radical (unpaired) electrons. The Labute approximate surface area is 125 Å². The van der Waals surface area contributed by atoms with Crippen molar-refractivity contribution in [3.8, 4) is 0 Å². The third kappa shape index (κ3) is 4.57. The van der Waals surface area contributed by atoms with E-state index >= 15 is 0 Å². The number of morpholine rings is 1. The summed E-state index contributed by atoms with van der Waals surface area (Å²) in [4.78, 5) is 25.4. The molecule has 0 spiro atoms. The highest BCUT2D eigenvalue weighted by Gasteiger charge is 2.48. The largest absolute Gasteiger partial charge is 0.480 e. The Hall–Kier alpha value is -1.34. The molecule has 2 amide bonds. The van der Waals surface area contributed by atoms with E-state index < -0.39 is 17.5 Å². The monoisotopic (exact) mass is 299 g/mol. The van der Waals surface area contributed by atoms with Gasteiger partial charge in [0.2, 0.25) is 0 Å². The topological polar surface area (TPSA) is 90.9 Å². The summed E-state index contributed by atoms with van der Waals surface area (Å²) >= 11 is 0. The maximum absolute atomic E-state index is 11.8. The third-order valence-electron chi connectivity index (χ3n) is 4.25. The van der Waals surface area contributed by atoms with E-state index in [1.165, 1.54) is 0 Å². The summed E-state index contributed by atoms with van der Waals surface area (Å²) in [6.45, 7) is 6.46. The van der Waals surface area contributed by atoms with Gasteiger partial charge in [0.25, 0.3) is 0 Å². The van der Waals surface area contributed by atoms with Crippen molar-refractivity contribution in [2.24, 2.45) is 5.92 Å². The van der Waals surface area contributed by atoms with Gasteiger partial charge in [-0.1, -0.05) is 0 Å². The van der Waals surface area contributed by atoms with Crippen LogP contribution in [0.4, 0.5) is 4.79 Å². The molecule has 1 saturated carbocycles. The second-order valence-corrected chi connectivity index (χ2v) is 5.97. The lowest BCUT2D eigenvalue weighted by atomic mass is 9.96. The van der Waals surface area contributed by atoms with Crippen molar-refractivity contribution in [1.82, 2.24) is 15.5 Å². The first kappa shape index (κ1) is 16.0. The number of nitrogens with one attached hydrogen (secondary N) is 2. The summed E-state index contributed by atoms with van der Waals surface area (Å²) < 4.78 is 5.27. The standard InChI is InChI=1S/C14H25N3O4/c1-14(12(18)19,11-3-4-11)16-13(20)15-5-2-6-17-7-9-21-10-8-17/h11H,2-10H2,1H3,(H,18,19)(H2,15,16,20). The van der Waals surface area contributed by atoms with Crippen molar-refractivity contribution < 1.29 is 19.4 Å². The molecule has 1 aliphatic carbocycles. The lowest BCUT2D eigenvalue weighted by molar-refractivity contribution is -0.144. The summed E-state index contributed by atoms with van der Waals surface area (Å²) in [6.07, 6.45) is 2.57. The van der Waals surface area contributed by atoms with Gasteiger partial charge in [0.15, 0.2) is 0 Å². The molecule has 2 rings (SSSR count). The van der Waals surface area contributed by atoms with Crippen LogP contribution in [0.15, 0.2) is 0 Å². The molecule has 0 bridgehead atoms. The van der Waals surface area contributed by atoms with Crippen molar-refractivity contribution in [2.45, 2.75) is 31.7 Å². The van der Waals surface area contributed by atoms with E-state index in [2.05, 4.69) is 15.5 Å². The van der Waals surface area contributed by atoms with Crippen LogP contribution in [-0.4, -0.2) is 66.9 Å². The minimum atomic E-state index is -1.14. The lowest BCUT2D eigenvalue weighted by Gasteiger charge is -2.27. The van der Waals surface area contributed by atoms with Crippen molar-refractivity contribution in [2.75, 3.05) is 39.4 Å². The minimum Gasteiger partial charge on any atom is -0.480 e. The molecule has 0 aromatic carbocycles. The van der Waals surface area contributed by atoms with Crippen molar-refractivity contribution in [1.29, 1.82) is 0 Å². The molecule has 120 valence electrons. The molecule has 3 N–H and O–H groups in total. The smallest absolute Gasteiger partial charge is 0.329 e. The SMILES string of the molecule is CC(NC(=O)NCCCN1CCOCC1)(C(=O)O)C1CC1. The molecule has 1 atom stereocenters. The number of hydrogen-bond donors (Lipinski definition) is 3. The highest BCUT2D eigenvalue weighted by atomic mass is 16.5. The van der Waals surface area contributed by atoms with Crippen molar-refractivity contribution >= 4 is 12.0 Å². The number of amides is 2.